The standard InChI is InChI=1S/C46H54N8O8/c1-59-45(57)51-39(29-15-21-61-22-16-29)43(55)53-19-3-5-37(53)41-47-33-13-11-31(25-35(33)49-41)27-7-9-28(10-8-27)32-12-14-34-36(26-32)50-42(48-34)38-6-4-20-54(38)44(56)40(52-46(58)60-2)30-17-23-62-24-18-30/h7-14,25-26,29-30,37-40H,3-6,15-24H2,1-2H3,(H,47,49)(H,48,50)(H,51,57)(H,52,58). The Kier molecular flexibility index (Phi) is 12.1. The lowest BCUT2D eigenvalue weighted by Crippen LogP contribution is -2.53. The van der Waals surface area contributed by atoms with Gasteiger partial charge < -0.3 is 49.3 Å². The minimum atomic E-state index is -0.690. The number of imidazole rings is 2. The van der Waals surface area contributed by atoms with Gasteiger partial charge in [0.1, 0.15) is 23.7 Å². The molecule has 4 atom stereocenters. The van der Waals surface area contributed by atoms with E-state index in [1.807, 2.05) is 21.9 Å². The predicted molar refractivity (Wildman–Crippen MR) is 230 cm³/mol. The van der Waals surface area contributed by atoms with Crippen LogP contribution in [-0.4, -0.2) is 120 Å². The third-order valence-electron chi connectivity index (χ3n) is 13.2. The van der Waals surface area contributed by atoms with Gasteiger partial charge in [-0.1, -0.05) is 36.4 Å². The topological polar surface area (TPSA) is 193 Å². The second kappa shape index (κ2) is 18.2. The molecular weight excluding hydrogens is 793 g/mol. The highest BCUT2D eigenvalue weighted by Gasteiger charge is 2.42. The first-order chi connectivity index (χ1) is 30.3. The van der Waals surface area contributed by atoms with Crippen LogP contribution >= 0.6 is 0 Å². The van der Waals surface area contributed by atoms with Gasteiger partial charge >= 0.3 is 12.2 Å². The van der Waals surface area contributed by atoms with E-state index in [4.69, 9.17) is 28.9 Å². The van der Waals surface area contributed by atoms with Crippen LogP contribution in [0.2, 0.25) is 0 Å². The molecule has 16 heteroatoms. The highest BCUT2D eigenvalue weighted by Crippen LogP contribution is 2.37. The molecule has 4 amide bonds. The van der Waals surface area contributed by atoms with E-state index in [9.17, 15) is 19.2 Å². The van der Waals surface area contributed by atoms with Crippen molar-refractivity contribution in [3.63, 3.8) is 0 Å². The Balaban J connectivity index is 0.895. The lowest BCUT2D eigenvalue weighted by Gasteiger charge is -2.34. The molecule has 62 heavy (non-hydrogen) atoms. The Hall–Kier alpha value is -6.00. The van der Waals surface area contributed by atoms with Crippen molar-refractivity contribution in [1.82, 2.24) is 40.4 Å². The molecule has 5 aromatic rings. The molecule has 4 unspecified atom stereocenters. The first kappa shape index (κ1) is 41.4. The molecule has 4 fully saturated rings. The molecule has 0 saturated carbocycles. The van der Waals surface area contributed by atoms with Crippen LogP contribution in [0.4, 0.5) is 9.59 Å². The molecule has 4 N–H and O–H groups in total. The van der Waals surface area contributed by atoms with Crippen molar-refractivity contribution < 1.29 is 38.1 Å². The van der Waals surface area contributed by atoms with E-state index in [0.717, 1.165) is 81.7 Å². The van der Waals surface area contributed by atoms with Crippen molar-refractivity contribution >= 4 is 46.1 Å². The van der Waals surface area contributed by atoms with Gasteiger partial charge in [0.2, 0.25) is 11.8 Å². The van der Waals surface area contributed by atoms with E-state index in [2.05, 4.69) is 69.1 Å². The molecule has 326 valence electrons. The first-order valence-electron chi connectivity index (χ1n) is 21.8. The second-order valence-electron chi connectivity index (χ2n) is 16.8. The zero-order valence-electron chi connectivity index (χ0n) is 35.2. The molecular formula is C46H54N8O8. The maximum Gasteiger partial charge on any atom is 0.407 e. The monoisotopic (exact) mass is 846 g/mol. The van der Waals surface area contributed by atoms with Crippen LogP contribution in [0.1, 0.15) is 75.1 Å². The fourth-order valence-corrected chi connectivity index (χ4v) is 9.81. The quantitative estimate of drug-likeness (QED) is 0.122. The van der Waals surface area contributed by atoms with E-state index in [-0.39, 0.29) is 35.7 Å². The van der Waals surface area contributed by atoms with E-state index >= 15 is 0 Å². The molecule has 2 aromatic heterocycles. The van der Waals surface area contributed by atoms with Gasteiger partial charge in [-0.25, -0.2) is 19.6 Å². The van der Waals surface area contributed by atoms with Gasteiger partial charge in [0.15, 0.2) is 0 Å². The Morgan fingerprint density at radius 2 is 0.984 bits per heavy atom. The molecule has 0 spiro atoms. The van der Waals surface area contributed by atoms with E-state index in [1.54, 1.807) is 0 Å². The van der Waals surface area contributed by atoms with Crippen LogP contribution in [0, 0.1) is 11.8 Å². The maximum absolute atomic E-state index is 14.1. The number of nitrogens with zero attached hydrogens (tertiary/aromatic N) is 4. The summed E-state index contributed by atoms with van der Waals surface area (Å²) in [5, 5.41) is 5.65. The van der Waals surface area contributed by atoms with E-state index in [1.165, 1.54) is 14.2 Å². The van der Waals surface area contributed by atoms with Crippen molar-refractivity contribution in [3.8, 4) is 22.3 Å². The maximum atomic E-state index is 14.1. The molecule has 0 aliphatic carbocycles. The number of benzene rings is 3. The first-order valence-corrected chi connectivity index (χ1v) is 21.8. The van der Waals surface area contributed by atoms with Crippen molar-refractivity contribution in [2.24, 2.45) is 11.8 Å². The van der Waals surface area contributed by atoms with Crippen LogP contribution in [-0.2, 0) is 28.5 Å². The summed E-state index contributed by atoms with van der Waals surface area (Å²) in [5.41, 5.74) is 7.58. The second-order valence-corrected chi connectivity index (χ2v) is 16.8. The number of likely N-dealkylation sites (tertiary alicyclic amines) is 2. The summed E-state index contributed by atoms with van der Waals surface area (Å²) in [5.74, 6) is 1.18. The molecule has 4 aliphatic heterocycles. The summed E-state index contributed by atoms with van der Waals surface area (Å²) in [4.78, 5) is 73.4. The van der Waals surface area contributed by atoms with Crippen molar-refractivity contribution in [2.75, 3.05) is 53.7 Å². The number of fused-ring (bicyclic) bond motifs is 2. The number of amides is 4. The third-order valence-corrected chi connectivity index (χ3v) is 13.2. The summed E-state index contributed by atoms with van der Waals surface area (Å²) in [6.07, 6.45) is 4.77. The number of rotatable bonds is 10. The smallest absolute Gasteiger partial charge is 0.407 e. The Morgan fingerprint density at radius 1 is 0.597 bits per heavy atom. The normalized spacial score (nSPS) is 20.9. The van der Waals surface area contributed by atoms with Crippen LogP contribution in [0.3, 0.4) is 0 Å². The van der Waals surface area contributed by atoms with Gasteiger partial charge in [-0.05, 0) is 110 Å². The zero-order chi connectivity index (χ0) is 42.7. The largest absolute Gasteiger partial charge is 0.453 e. The Morgan fingerprint density at radius 3 is 1.37 bits per heavy atom. The van der Waals surface area contributed by atoms with Crippen molar-refractivity contribution in [3.05, 3.63) is 72.3 Å². The lowest BCUT2D eigenvalue weighted by molar-refractivity contribution is -0.137. The molecule has 3 aromatic carbocycles. The molecule has 4 saturated heterocycles. The van der Waals surface area contributed by atoms with Gasteiger partial charge in [-0.3, -0.25) is 9.59 Å². The fourth-order valence-electron chi connectivity index (χ4n) is 9.81. The highest BCUT2D eigenvalue weighted by molar-refractivity contribution is 5.89. The SMILES string of the molecule is COC(=O)NC(C(=O)N1CCCC1c1nc2ccc(-c3ccc(-c4ccc5nc(C6CCCN6C(=O)C(NC(=O)OC)C6CCOCC6)[nH]c5c4)cc3)cc2[nH]1)C1CCOCC1. The number of aromatic amines is 2. The Bertz CT molecular complexity index is 2250. The van der Waals surface area contributed by atoms with Gasteiger partial charge in [0.05, 0.1) is 48.4 Å². The summed E-state index contributed by atoms with van der Waals surface area (Å²) < 4.78 is 20.8. The number of aromatic nitrogens is 4. The minimum Gasteiger partial charge on any atom is -0.453 e. The number of carbonyl (C=O) groups is 4. The number of ether oxygens (including phenoxy) is 4. The number of nitrogens with one attached hydrogen (secondary N) is 4. The molecule has 9 rings (SSSR count). The number of alkyl carbamates (subject to hydrolysis) is 2. The average Bonchev–Trinajstić information content (AvgIpc) is 4.16. The molecule has 6 heterocycles. The molecule has 4 aliphatic rings. The zero-order valence-corrected chi connectivity index (χ0v) is 35.2. The molecule has 16 nitrogen and oxygen atoms in total. The Labute approximate surface area is 359 Å². The predicted octanol–water partition coefficient (Wildman–Crippen LogP) is 6.40. The summed E-state index contributed by atoms with van der Waals surface area (Å²) in [6, 6.07) is 18.9. The summed E-state index contributed by atoms with van der Waals surface area (Å²) in [7, 11) is 2.62. The molecule has 0 radical (unpaired) electrons. The third kappa shape index (κ3) is 8.45. The summed E-state index contributed by atoms with van der Waals surface area (Å²) >= 11 is 0. The van der Waals surface area contributed by atoms with Crippen LogP contribution < -0.4 is 10.6 Å². The average molecular weight is 847 g/mol. The highest BCUT2D eigenvalue weighted by atomic mass is 16.5. The van der Waals surface area contributed by atoms with Gasteiger partial charge in [0, 0.05) is 39.5 Å². The number of methoxy groups -OCH3 is 2. The number of carbonyl (C=O) groups excluding carboxylic acids is 4. The van der Waals surface area contributed by atoms with E-state index < -0.39 is 24.3 Å². The number of hydrogen-bond acceptors (Lipinski definition) is 10. The van der Waals surface area contributed by atoms with Gasteiger partial charge in [-0.2, -0.15) is 0 Å². The van der Waals surface area contributed by atoms with Crippen molar-refractivity contribution in [1.29, 1.82) is 0 Å². The van der Waals surface area contributed by atoms with Crippen LogP contribution in [0.5, 0.6) is 0 Å². The fraction of sp³-hybridized carbons (Fsp3) is 0.478. The lowest BCUT2D eigenvalue weighted by atomic mass is 9.90. The summed E-state index contributed by atoms with van der Waals surface area (Å²) in [6.45, 7) is 3.40. The molecule has 0 bridgehead atoms. The minimum absolute atomic E-state index is 0.0325. The van der Waals surface area contributed by atoms with E-state index in [0.29, 0.717) is 65.2 Å². The van der Waals surface area contributed by atoms with Gasteiger partial charge in [-0.15, -0.1) is 0 Å². The van der Waals surface area contributed by atoms with Gasteiger partial charge in [0.25, 0.3) is 0 Å². The van der Waals surface area contributed by atoms with Crippen LogP contribution in [0.15, 0.2) is 60.7 Å². The van der Waals surface area contributed by atoms with Crippen LogP contribution in [0.25, 0.3) is 44.3 Å². The van der Waals surface area contributed by atoms with Crippen molar-refractivity contribution in [2.45, 2.75) is 75.5 Å². The number of hydrogen-bond donors (Lipinski definition) is 4. The number of H-pyrrole nitrogens is 2.